The molecule has 1 atom stereocenters. The number of carbonyl (C=O) groups is 1. The van der Waals surface area contributed by atoms with Crippen LogP contribution in [0.3, 0.4) is 0 Å². The van der Waals surface area contributed by atoms with E-state index in [1.165, 1.54) is 10.7 Å². The summed E-state index contributed by atoms with van der Waals surface area (Å²) in [6.07, 6.45) is 2.04. The minimum absolute atomic E-state index is 0.0375. The van der Waals surface area contributed by atoms with Gasteiger partial charge in [0.1, 0.15) is 0 Å². The molecule has 2 aliphatic heterocycles. The van der Waals surface area contributed by atoms with Gasteiger partial charge in [-0.2, -0.15) is 5.10 Å². The average Bonchev–Trinajstić information content (AvgIpc) is 3.21. The number of fused-ring (bicyclic) bond motifs is 1. The van der Waals surface area contributed by atoms with Gasteiger partial charge in [-0.15, -0.1) is 0 Å². The van der Waals surface area contributed by atoms with Gasteiger partial charge in [0.15, 0.2) is 17.3 Å². The van der Waals surface area contributed by atoms with Crippen molar-refractivity contribution in [3.8, 4) is 0 Å². The fraction of sp³-hybridized carbons (Fsp3) is 0.583. The minimum Gasteiger partial charge on any atom is -0.461 e. The van der Waals surface area contributed by atoms with Crippen LogP contribution in [-0.2, 0) is 16.5 Å². The number of carbonyl (C=O) groups excluding carboxylic acids is 1. The Bertz CT molecular complexity index is 1090. The third kappa shape index (κ3) is 4.65. The first kappa shape index (κ1) is 24.2. The van der Waals surface area contributed by atoms with Crippen LogP contribution in [0, 0.1) is 11.8 Å². The minimum atomic E-state index is -0.456. The number of aryl methyl sites for hydroxylation is 1. The number of piperidine rings is 1. The third-order valence-corrected chi connectivity index (χ3v) is 6.49. The van der Waals surface area contributed by atoms with Crippen molar-refractivity contribution in [2.24, 2.45) is 18.9 Å². The lowest BCUT2D eigenvalue weighted by Gasteiger charge is -2.35. The molecule has 0 amide bonds. The van der Waals surface area contributed by atoms with E-state index in [0.717, 1.165) is 43.8 Å². The number of nitrogens with one attached hydrogen (secondary N) is 1. The topological polar surface area (TPSA) is 102 Å². The smallest absolute Gasteiger partial charge is 0.357 e. The Balaban J connectivity index is 1.82. The van der Waals surface area contributed by atoms with E-state index in [2.05, 4.69) is 29.3 Å². The summed E-state index contributed by atoms with van der Waals surface area (Å²) in [6.45, 7) is 8.85. The van der Waals surface area contributed by atoms with Crippen molar-refractivity contribution in [3.63, 3.8) is 0 Å². The van der Waals surface area contributed by atoms with E-state index in [1.807, 2.05) is 6.07 Å². The van der Waals surface area contributed by atoms with Gasteiger partial charge in [-0.05, 0) is 43.7 Å². The van der Waals surface area contributed by atoms with Crippen molar-refractivity contribution in [2.75, 3.05) is 43.3 Å². The van der Waals surface area contributed by atoms with Crippen molar-refractivity contribution < 1.29 is 14.3 Å². The molecule has 0 aliphatic carbocycles. The molecule has 2 aromatic heterocycles. The lowest BCUT2D eigenvalue weighted by Crippen LogP contribution is -2.36. The molecule has 10 nitrogen and oxygen atoms in total. The molecule has 184 valence electrons. The van der Waals surface area contributed by atoms with Crippen LogP contribution in [0.5, 0.6) is 0 Å². The van der Waals surface area contributed by atoms with Gasteiger partial charge in [0.2, 0.25) is 0 Å². The Morgan fingerprint density at radius 3 is 2.62 bits per heavy atom. The second-order valence-electron chi connectivity index (χ2n) is 9.21. The summed E-state index contributed by atoms with van der Waals surface area (Å²) < 4.78 is 11.9. The standard InChI is InChI=1S/C24H34N6O4/c1-6-34-24(32)17-13-18(29-11-9-16(10-12-29)14-33-5)21-22(15(2)3)27-30(23(21)25-17)19-7-8-20(31)28(4)26-19/h7-8,13,15-16,22,27H,6,9-12,14H2,1-5H3. The Morgan fingerprint density at radius 2 is 2.00 bits per heavy atom. The van der Waals surface area contributed by atoms with Crippen LogP contribution in [-0.4, -0.2) is 54.1 Å². The van der Waals surface area contributed by atoms with Crippen molar-refractivity contribution in [1.29, 1.82) is 0 Å². The van der Waals surface area contributed by atoms with Gasteiger partial charge < -0.3 is 14.4 Å². The molecule has 0 aromatic carbocycles. The number of pyridine rings is 1. The van der Waals surface area contributed by atoms with Gasteiger partial charge in [-0.3, -0.25) is 4.79 Å². The molecule has 2 aliphatic rings. The van der Waals surface area contributed by atoms with Crippen LogP contribution >= 0.6 is 0 Å². The number of esters is 1. The van der Waals surface area contributed by atoms with Gasteiger partial charge in [0, 0.05) is 51.2 Å². The molecule has 4 heterocycles. The Kier molecular flexibility index (Phi) is 7.18. The van der Waals surface area contributed by atoms with Crippen molar-refractivity contribution in [3.05, 3.63) is 39.8 Å². The summed E-state index contributed by atoms with van der Waals surface area (Å²) in [5.41, 5.74) is 5.60. The summed E-state index contributed by atoms with van der Waals surface area (Å²) in [7, 11) is 3.36. The predicted molar refractivity (Wildman–Crippen MR) is 129 cm³/mol. The number of nitrogens with zero attached hydrogens (tertiary/aromatic N) is 5. The number of methoxy groups -OCH3 is 1. The van der Waals surface area contributed by atoms with Crippen LogP contribution < -0.4 is 20.9 Å². The Morgan fingerprint density at radius 1 is 1.26 bits per heavy atom. The quantitative estimate of drug-likeness (QED) is 0.612. The van der Waals surface area contributed by atoms with Gasteiger partial charge in [-0.1, -0.05) is 13.8 Å². The molecule has 2 aromatic rings. The molecule has 4 rings (SSSR count). The first-order valence-electron chi connectivity index (χ1n) is 11.9. The second-order valence-corrected chi connectivity index (χ2v) is 9.21. The third-order valence-electron chi connectivity index (χ3n) is 6.49. The highest BCUT2D eigenvalue weighted by Crippen LogP contribution is 2.45. The number of hydrogen-bond donors (Lipinski definition) is 1. The largest absolute Gasteiger partial charge is 0.461 e. The van der Waals surface area contributed by atoms with Gasteiger partial charge in [0.05, 0.1) is 12.6 Å². The normalized spacial score (nSPS) is 18.5. The Hall–Kier alpha value is -2.98. The molecule has 10 heteroatoms. The maximum absolute atomic E-state index is 12.8. The first-order valence-corrected chi connectivity index (χ1v) is 11.9. The summed E-state index contributed by atoms with van der Waals surface area (Å²) >= 11 is 0. The molecule has 0 bridgehead atoms. The number of ether oxygens (including phenoxy) is 2. The number of hydrazine groups is 1. The van der Waals surface area contributed by atoms with Crippen LogP contribution in [0.25, 0.3) is 0 Å². The van der Waals surface area contributed by atoms with Gasteiger partial charge in [0.25, 0.3) is 5.56 Å². The van der Waals surface area contributed by atoms with E-state index in [1.54, 1.807) is 32.2 Å². The number of aromatic nitrogens is 3. The van der Waals surface area contributed by atoms with Crippen LogP contribution in [0.15, 0.2) is 23.0 Å². The van der Waals surface area contributed by atoms with Crippen LogP contribution in [0.1, 0.15) is 55.7 Å². The predicted octanol–water partition coefficient (Wildman–Crippen LogP) is 2.57. The highest BCUT2D eigenvalue weighted by atomic mass is 16.5. The van der Waals surface area contributed by atoms with Crippen LogP contribution in [0.2, 0.25) is 0 Å². The zero-order chi connectivity index (χ0) is 24.4. The molecule has 1 N–H and O–H groups in total. The number of anilines is 3. The average molecular weight is 471 g/mol. The molecular weight excluding hydrogens is 436 g/mol. The molecule has 1 fully saturated rings. The van der Waals surface area contributed by atoms with Crippen molar-refractivity contribution >= 4 is 23.3 Å². The van der Waals surface area contributed by atoms with E-state index in [4.69, 9.17) is 14.5 Å². The highest BCUT2D eigenvalue weighted by molar-refractivity contribution is 5.90. The maximum atomic E-state index is 12.8. The summed E-state index contributed by atoms with van der Waals surface area (Å²) in [6, 6.07) is 4.96. The lowest BCUT2D eigenvalue weighted by atomic mass is 9.93. The maximum Gasteiger partial charge on any atom is 0.357 e. The van der Waals surface area contributed by atoms with E-state index >= 15 is 0 Å². The molecule has 1 unspecified atom stereocenters. The van der Waals surface area contributed by atoms with E-state index in [0.29, 0.717) is 17.6 Å². The Labute approximate surface area is 199 Å². The first-order chi connectivity index (χ1) is 16.3. The number of rotatable bonds is 7. The summed E-state index contributed by atoms with van der Waals surface area (Å²) in [4.78, 5) is 31.7. The van der Waals surface area contributed by atoms with Crippen molar-refractivity contribution in [2.45, 2.75) is 39.7 Å². The second kappa shape index (κ2) is 10.1. The molecule has 0 spiro atoms. The van der Waals surface area contributed by atoms with Gasteiger partial charge >= 0.3 is 5.97 Å². The van der Waals surface area contributed by atoms with E-state index < -0.39 is 5.97 Å². The van der Waals surface area contributed by atoms with Crippen LogP contribution in [0.4, 0.5) is 17.3 Å². The van der Waals surface area contributed by atoms with E-state index in [-0.39, 0.29) is 29.8 Å². The molecule has 34 heavy (non-hydrogen) atoms. The fourth-order valence-electron chi connectivity index (χ4n) is 4.68. The molecule has 1 saturated heterocycles. The zero-order valence-electron chi connectivity index (χ0n) is 20.6. The molecule has 0 saturated carbocycles. The SMILES string of the molecule is CCOC(=O)c1cc(N2CCC(COC)CC2)c2c(n1)N(c1ccc(=O)n(C)n1)NC2C(C)C. The van der Waals surface area contributed by atoms with Crippen molar-refractivity contribution in [1.82, 2.24) is 20.2 Å². The lowest BCUT2D eigenvalue weighted by molar-refractivity contribution is 0.0519. The molecular formula is C24H34N6O4. The highest BCUT2D eigenvalue weighted by Gasteiger charge is 2.38. The fourth-order valence-corrected chi connectivity index (χ4v) is 4.68. The van der Waals surface area contributed by atoms with E-state index in [9.17, 15) is 9.59 Å². The number of hydrogen-bond acceptors (Lipinski definition) is 9. The summed E-state index contributed by atoms with van der Waals surface area (Å²) in [5.74, 6) is 1.47. The monoisotopic (exact) mass is 470 g/mol. The zero-order valence-corrected chi connectivity index (χ0v) is 20.6. The summed E-state index contributed by atoms with van der Waals surface area (Å²) in [5, 5.41) is 6.20. The molecule has 0 radical (unpaired) electrons. The van der Waals surface area contributed by atoms with Gasteiger partial charge in [-0.25, -0.2) is 24.9 Å².